The van der Waals surface area contributed by atoms with E-state index < -0.39 is 32.7 Å². The topological polar surface area (TPSA) is 118 Å². The molecule has 1 saturated carbocycles. The fraction of sp³-hybridized carbons (Fsp3) is 0.424. The second-order valence-corrected chi connectivity index (χ2v) is 13.4. The van der Waals surface area contributed by atoms with Crippen LogP contribution in [0.15, 0.2) is 66.1 Å². The number of anilines is 1. The summed E-state index contributed by atoms with van der Waals surface area (Å²) in [5.41, 5.74) is 1.37. The van der Waals surface area contributed by atoms with E-state index in [0.29, 0.717) is 36.2 Å². The van der Waals surface area contributed by atoms with Gasteiger partial charge in [0.1, 0.15) is 46.7 Å². The molecule has 250 valence electrons. The molecule has 14 heteroatoms. The van der Waals surface area contributed by atoms with Crippen LogP contribution in [0.5, 0.6) is 17.2 Å². The summed E-state index contributed by atoms with van der Waals surface area (Å²) in [4.78, 5) is 7.09. The Morgan fingerprint density at radius 1 is 0.936 bits per heavy atom. The van der Waals surface area contributed by atoms with Crippen molar-refractivity contribution in [3.05, 3.63) is 84.1 Å². The summed E-state index contributed by atoms with van der Waals surface area (Å²) < 4.78 is 85.3. The quantitative estimate of drug-likeness (QED) is 0.185. The first-order valence-corrected chi connectivity index (χ1v) is 17.0. The third kappa shape index (κ3) is 6.89. The van der Waals surface area contributed by atoms with Crippen LogP contribution < -0.4 is 18.5 Å². The molecule has 0 amide bonds. The van der Waals surface area contributed by atoms with E-state index in [4.69, 9.17) is 18.9 Å². The number of ether oxygens (including phenoxy) is 4. The minimum absolute atomic E-state index is 0.0402. The molecule has 2 fully saturated rings. The van der Waals surface area contributed by atoms with Crippen molar-refractivity contribution >= 4 is 15.8 Å². The SMILES string of the molecule is COc1ccc(CN(c2ccncn2)S(=O)(=O)c2cc(F)c(O[C@H]3CCCC[C@@H]3c3ccnn3C3CCCCO3)cc2F)c(OC)c1. The molecule has 0 N–H and O–H groups in total. The van der Waals surface area contributed by atoms with E-state index in [1.807, 2.05) is 10.7 Å². The first-order chi connectivity index (χ1) is 22.8. The van der Waals surface area contributed by atoms with Crippen molar-refractivity contribution in [3.63, 3.8) is 0 Å². The number of hydrogen-bond donors (Lipinski definition) is 0. The summed E-state index contributed by atoms with van der Waals surface area (Å²) in [5, 5.41) is 4.53. The number of aromatic nitrogens is 4. The molecule has 3 atom stereocenters. The van der Waals surface area contributed by atoms with E-state index in [9.17, 15) is 8.42 Å². The maximum atomic E-state index is 15.9. The lowest BCUT2D eigenvalue weighted by atomic mass is 9.84. The molecule has 1 aliphatic heterocycles. The van der Waals surface area contributed by atoms with Gasteiger partial charge in [-0.1, -0.05) is 6.42 Å². The number of sulfonamides is 1. The Hall–Kier alpha value is -4.30. The number of benzene rings is 2. The molecule has 0 radical (unpaired) electrons. The van der Waals surface area contributed by atoms with Crippen LogP contribution in [0, 0.1) is 11.6 Å². The van der Waals surface area contributed by atoms with Crippen molar-refractivity contribution in [2.45, 2.75) is 74.6 Å². The lowest BCUT2D eigenvalue weighted by Gasteiger charge is -2.34. The predicted octanol–water partition coefficient (Wildman–Crippen LogP) is 6.17. The van der Waals surface area contributed by atoms with E-state index in [2.05, 4.69) is 15.1 Å². The summed E-state index contributed by atoms with van der Waals surface area (Å²) in [7, 11) is -1.77. The van der Waals surface area contributed by atoms with Crippen LogP contribution >= 0.6 is 0 Å². The van der Waals surface area contributed by atoms with E-state index in [1.54, 1.807) is 24.4 Å². The smallest absolute Gasteiger partial charge is 0.268 e. The minimum Gasteiger partial charge on any atom is -0.497 e. The van der Waals surface area contributed by atoms with Crippen molar-refractivity contribution < 1.29 is 36.1 Å². The van der Waals surface area contributed by atoms with Gasteiger partial charge in [-0.15, -0.1) is 0 Å². The molecule has 0 spiro atoms. The fourth-order valence-corrected chi connectivity index (χ4v) is 7.75. The second-order valence-electron chi connectivity index (χ2n) is 11.5. The highest BCUT2D eigenvalue weighted by Gasteiger charge is 2.35. The zero-order chi connectivity index (χ0) is 33.0. The standard InChI is InChI=1S/C33H37F2N5O6S/c1-43-23-11-10-22(29(17-23)44-2)20-39(32-13-14-36-21-37-32)47(41,42)31-19-25(34)30(18-26(31)35)46-28-8-4-3-7-24(28)27-12-15-38-40(27)33-9-5-6-16-45-33/h10-15,17-19,21,24,28,33H,3-9,16,20H2,1-2H3/t24-,28+,33?/m1/s1. The van der Waals surface area contributed by atoms with Crippen LogP contribution in [0.2, 0.25) is 0 Å². The van der Waals surface area contributed by atoms with Gasteiger partial charge in [0.05, 0.1) is 20.8 Å². The number of rotatable bonds is 11. The van der Waals surface area contributed by atoms with Crippen molar-refractivity contribution in [2.24, 2.45) is 0 Å². The number of methoxy groups -OCH3 is 2. The van der Waals surface area contributed by atoms with Crippen LogP contribution in [0.1, 0.15) is 68.3 Å². The maximum Gasteiger partial charge on any atom is 0.268 e. The lowest BCUT2D eigenvalue weighted by Crippen LogP contribution is -2.33. The molecule has 0 bridgehead atoms. The van der Waals surface area contributed by atoms with E-state index in [0.717, 1.165) is 54.6 Å². The van der Waals surface area contributed by atoms with Gasteiger partial charge in [0, 0.05) is 60.4 Å². The highest BCUT2D eigenvalue weighted by atomic mass is 32.2. The Morgan fingerprint density at radius 3 is 2.51 bits per heavy atom. The summed E-state index contributed by atoms with van der Waals surface area (Å²) in [6, 6.07) is 9.63. The lowest BCUT2D eigenvalue weighted by molar-refractivity contribution is -0.0431. The van der Waals surface area contributed by atoms with Crippen molar-refractivity contribution in [3.8, 4) is 17.2 Å². The van der Waals surface area contributed by atoms with Gasteiger partial charge in [-0.2, -0.15) is 5.10 Å². The number of halogens is 2. The molecule has 2 aromatic carbocycles. The van der Waals surface area contributed by atoms with Gasteiger partial charge in [0.25, 0.3) is 10.0 Å². The molecule has 2 aliphatic rings. The highest BCUT2D eigenvalue weighted by molar-refractivity contribution is 7.92. The van der Waals surface area contributed by atoms with E-state index in [1.165, 1.54) is 32.8 Å². The third-order valence-corrected chi connectivity index (χ3v) is 10.4. The van der Waals surface area contributed by atoms with Crippen molar-refractivity contribution in [2.75, 3.05) is 25.1 Å². The Balaban J connectivity index is 1.30. The largest absolute Gasteiger partial charge is 0.497 e. The molecule has 4 aromatic rings. The van der Waals surface area contributed by atoms with Gasteiger partial charge >= 0.3 is 0 Å². The van der Waals surface area contributed by atoms with E-state index >= 15 is 8.78 Å². The first kappa shape index (κ1) is 32.6. The summed E-state index contributed by atoms with van der Waals surface area (Å²) in [5.74, 6) is -1.84. The number of hydrogen-bond acceptors (Lipinski definition) is 9. The molecule has 1 aliphatic carbocycles. The molecule has 6 rings (SSSR count). The second kappa shape index (κ2) is 14.2. The zero-order valence-corrected chi connectivity index (χ0v) is 27.0. The molecule has 2 aromatic heterocycles. The van der Waals surface area contributed by atoms with Gasteiger partial charge in [-0.05, 0) is 56.7 Å². The number of nitrogens with zero attached hydrogens (tertiary/aromatic N) is 5. The van der Waals surface area contributed by atoms with Gasteiger partial charge in [0.2, 0.25) is 0 Å². The molecule has 1 saturated heterocycles. The van der Waals surface area contributed by atoms with Gasteiger partial charge in [-0.25, -0.2) is 36.2 Å². The minimum atomic E-state index is -4.70. The summed E-state index contributed by atoms with van der Waals surface area (Å²) in [6.45, 7) is 0.366. The molecule has 11 nitrogen and oxygen atoms in total. The Morgan fingerprint density at radius 2 is 1.77 bits per heavy atom. The molecular formula is C33H37F2N5O6S. The Labute approximate surface area is 272 Å². The predicted molar refractivity (Wildman–Crippen MR) is 168 cm³/mol. The van der Waals surface area contributed by atoms with Crippen LogP contribution in [0.3, 0.4) is 0 Å². The van der Waals surface area contributed by atoms with Gasteiger partial charge in [-0.3, -0.25) is 0 Å². The molecule has 3 heterocycles. The van der Waals surface area contributed by atoms with Gasteiger partial charge < -0.3 is 18.9 Å². The first-order valence-electron chi connectivity index (χ1n) is 15.6. The highest BCUT2D eigenvalue weighted by Crippen LogP contribution is 2.39. The molecule has 47 heavy (non-hydrogen) atoms. The van der Waals surface area contributed by atoms with Crippen molar-refractivity contribution in [1.29, 1.82) is 0 Å². The third-order valence-electron chi connectivity index (χ3n) is 8.67. The molecular weight excluding hydrogens is 632 g/mol. The van der Waals surface area contributed by atoms with Crippen LogP contribution in [0.25, 0.3) is 0 Å². The zero-order valence-electron chi connectivity index (χ0n) is 26.2. The fourth-order valence-electron chi connectivity index (χ4n) is 6.29. The van der Waals surface area contributed by atoms with E-state index in [-0.39, 0.29) is 30.3 Å². The molecule has 1 unspecified atom stereocenters. The average molecular weight is 670 g/mol. The summed E-state index contributed by atoms with van der Waals surface area (Å²) >= 11 is 0. The monoisotopic (exact) mass is 669 g/mol. The average Bonchev–Trinajstić information content (AvgIpc) is 3.59. The maximum absolute atomic E-state index is 15.9. The van der Waals surface area contributed by atoms with Crippen LogP contribution in [0.4, 0.5) is 14.6 Å². The normalized spacial score (nSPS) is 20.0. The van der Waals surface area contributed by atoms with Crippen LogP contribution in [-0.2, 0) is 21.3 Å². The summed E-state index contributed by atoms with van der Waals surface area (Å²) in [6.07, 6.45) is 9.70. The van der Waals surface area contributed by atoms with Crippen molar-refractivity contribution in [1.82, 2.24) is 19.7 Å². The Bertz CT molecular complexity index is 1790. The van der Waals surface area contributed by atoms with Gasteiger partial charge in [0.15, 0.2) is 11.6 Å². The Kier molecular flexibility index (Phi) is 9.87. The van der Waals surface area contributed by atoms with Crippen LogP contribution in [-0.4, -0.2) is 55.1 Å².